The summed E-state index contributed by atoms with van der Waals surface area (Å²) in [7, 11) is 0. The number of hydrogen-bond donors (Lipinski definition) is 0. The number of carbonyl (C=O) groups is 1. The van der Waals surface area contributed by atoms with E-state index in [9.17, 15) is 4.79 Å². The summed E-state index contributed by atoms with van der Waals surface area (Å²) in [5.41, 5.74) is 1.94. The summed E-state index contributed by atoms with van der Waals surface area (Å²) in [6, 6.07) is 5.86. The van der Waals surface area contributed by atoms with Gasteiger partial charge in [0.15, 0.2) is 0 Å². The Kier molecular flexibility index (Phi) is 3.57. The monoisotopic (exact) mass is 243 g/mol. The SMILES string of the molecule is C#CC1CC(=O)N(c2cc(C)ccc2OCC)C1. The molecule has 0 N–H and O–H groups in total. The van der Waals surface area contributed by atoms with Gasteiger partial charge < -0.3 is 9.64 Å². The fourth-order valence-electron chi connectivity index (χ4n) is 2.17. The zero-order chi connectivity index (χ0) is 13.1. The molecule has 2 rings (SSSR count). The number of benzene rings is 1. The molecule has 18 heavy (non-hydrogen) atoms. The van der Waals surface area contributed by atoms with E-state index in [-0.39, 0.29) is 11.8 Å². The fraction of sp³-hybridized carbons (Fsp3) is 0.400. The van der Waals surface area contributed by atoms with Crippen molar-refractivity contribution in [3.05, 3.63) is 23.8 Å². The van der Waals surface area contributed by atoms with Crippen LogP contribution in [0, 0.1) is 25.2 Å². The van der Waals surface area contributed by atoms with Crippen molar-refractivity contribution in [1.82, 2.24) is 0 Å². The van der Waals surface area contributed by atoms with Gasteiger partial charge in [0.1, 0.15) is 5.75 Å². The van der Waals surface area contributed by atoms with Gasteiger partial charge in [0.25, 0.3) is 0 Å². The van der Waals surface area contributed by atoms with Crippen LogP contribution in [0.2, 0.25) is 0 Å². The summed E-state index contributed by atoms with van der Waals surface area (Å²) >= 11 is 0. The lowest BCUT2D eigenvalue weighted by Gasteiger charge is -2.20. The average Bonchev–Trinajstić information content (AvgIpc) is 2.73. The first-order chi connectivity index (χ1) is 8.65. The Morgan fingerprint density at radius 1 is 1.56 bits per heavy atom. The van der Waals surface area contributed by atoms with Crippen molar-refractivity contribution in [2.24, 2.45) is 5.92 Å². The van der Waals surface area contributed by atoms with Crippen LogP contribution >= 0.6 is 0 Å². The highest BCUT2D eigenvalue weighted by molar-refractivity contribution is 5.97. The number of nitrogens with zero attached hydrogens (tertiary/aromatic N) is 1. The summed E-state index contributed by atoms with van der Waals surface area (Å²) < 4.78 is 5.58. The maximum absolute atomic E-state index is 12.0. The highest BCUT2D eigenvalue weighted by atomic mass is 16.5. The van der Waals surface area contributed by atoms with Crippen molar-refractivity contribution < 1.29 is 9.53 Å². The van der Waals surface area contributed by atoms with Gasteiger partial charge in [-0.05, 0) is 31.5 Å². The second-order valence-electron chi connectivity index (χ2n) is 4.48. The van der Waals surface area contributed by atoms with Crippen LogP contribution in [-0.4, -0.2) is 19.1 Å². The van der Waals surface area contributed by atoms with Crippen LogP contribution in [0.3, 0.4) is 0 Å². The van der Waals surface area contributed by atoms with Crippen LogP contribution in [0.25, 0.3) is 0 Å². The van der Waals surface area contributed by atoms with Crippen LogP contribution < -0.4 is 9.64 Å². The Morgan fingerprint density at radius 2 is 2.33 bits per heavy atom. The lowest BCUT2D eigenvalue weighted by Crippen LogP contribution is -2.25. The van der Waals surface area contributed by atoms with Crippen LogP contribution in [0.5, 0.6) is 5.75 Å². The fourth-order valence-corrected chi connectivity index (χ4v) is 2.17. The molecule has 1 unspecified atom stereocenters. The summed E-state index contributed by atoms with van der Waals surface area (Å²) in [4.78, 5) is 13.7. The molecule has 1 amide bonds. The number of anilines is 1. The molecule has 0 aromatic heterocycles. The van der Waals surface area contributed by atoms with Gasteiger partial charge in [0.2, 0.25) is 5.91 Å². The largest absolute Gasteiger partial charge is 0.492 e. The van der Waals surface area contributed by atoms with Crippen molar-refractivity contribution >= 4 is 11.6 Å². The zero-order valence-corrected chi connectivity index (χ0v) is 10.8. The lowest BCUT2D eigenvalue weighted by atomic mass is 10.1. The van der Waals surface area contributed by atoms with E-state index < -0.39 is 0 Å². The molecule has 1 heterocycles. The van der Waals surface area contributed by atoms with Crippen LogP contribution in [0.4, 0.5) is 5.69 Å². The van der Waals surface area contributed by atoms with Crippen LogP contribution in [0.1, 0.15) is 18.9 Å². The first-order valence-corrected chi connectivity index (χ1v) is 6.15. The molecule has 1 aliphatic rings. The van der Waals surface area contributed by atoms with Crippen molar-refractivity contribution in [3.8, 4) is 18.1 Å². The van der Waals surface area contributed by atoms with Crippen LogP contribution in [-0.2, 0) is 4.79 Å². The minimum absolute atomic E-state index is 0.00693. The number of amides is 1. The van der Waals surface area contributed by atoms with E-state index in [0.717, 1.165) is 17.0 Å². The molecule has 3 nitrogen and oxygen atoms in total. The minimum Gasteiger partial charge on any atom is -0.492 e. The molecular weight excluding hydrogens is 226 g/mol. The summed E-state index contributed by atoms with van der Waals surface area (Å²) in [5, 5.41) is 0. The highest BCUT2D eigenvalue weighted by Crippen LogP contribution is 2.33. The number of ether oxygens (including phenoxy) is 1. The molecule has 1 atom stereocenters. The molecule has 0 bridgehead atoms. The third-order valence-corrected chi connectivity index (χ3v) is 3.07. The van der Waals surface area contributed by atoms with E-state index in [2.05, 4.69) is 5.92 Å². The number of carbonyl (C=O) groups excluding carboxylic acids is 1. The molecule has 0 aliphatic carbocycles. The third-order valence-electron chi connectivity index (χ3n) is 3.07. The Bertz CT molecular complexity index is 502. The van der Waals surface area contributed by atoms with E-state index in [4.69, 9.17) is 11.2 Å². The summed E-state index contributed by atoms with van der Waals surface area (Å²) in [6.45, 7) is 5.09. The van der Waals surface area contributed by atoms with Gasteiger partial charge in [-0.3, -0.25) is 4.79 Å². The second kappa shape index (κ2) is 5.14. The Morgan fingerprint density at radius 3 is 2.94 bits per heavy atom. The first kappa shape index (κ1) is 12.5. The van der Waals surface area contributed by atoms with Gasteiger partial charge in [-0.15, -0.1) is 12.3 Å². The molecule has 1 saturated heterocycles. The molecule has 1 fully saturated rings. The molecular formula is C15H17NO2. The van der Waals surface area contributed by atoms with E-state index in [1.807, 2.05) is 32.0 Å². The molecule has 0 radical (unpaired) electrons. The summed E-state index contributed by atoms with van der Waals surface area (Å²) in [5.74, 6) is 3.48. The van der Waals surface area contributed by atoms with E-state index in [1.165, 1.54) is 0 Å². The molecule has 3 heteroatoms. The van der Waals surface area contributed by atoms with Gasteiger partial charge in [0.05, 0.1) is 12.3 Å². The predicted octanol–water partition coefficient (Wildman–Crippen LogP) is 2.38. The molecule has 1 aromatic carbocycles. The maximum Gasteiger partial charge on any atom is 0.228 e. The highest BCUT2D eigenvalue weighted by Gasteiger charge is 2.31. The van der Waals surface area contributed by atoms with Gasteiger partial charge in [0, 0.05) is 18.9 Å². The Labute approximate surface area is 108 Å². The van der Waals surface area contributed by atoms with Crippen molar-refractivity contribution in [1.29, 1.82) is 0 Å². The standard InChI is InChI=1S/C15H17NO2/c1-4-12-9-15(17)16(10-12)13-8-11(3)6-7-14(13)18-5-2/h1,6-8,12H,5,9-10H2,2-3H3. The lowest BCUT2D eigenvalue weighted by molar-refractivity contribution is -0.117. The quantitative estimate of drug-likeness (QED) is 0.763. The molecule has 0 saturated carbocycles. The summed E-state index contributed by atoms with van der Waals surface area (Å²) in [6.07, 6.45) is 5.83. The maximum atomic E-state index is 12.0. The number of rotatable bonds is 3. The van der Waals surface area contributed by atoms with Gasteiger partial charge >= 0.3 is 0 Å². The Balaban J connectivity index is 2.35. The second-order valence-corrected chi connectivity index (χ2v) is 4.48. The number of terminal acetylenes is 1. The van der Waals surface area contributed by atoms with Crippen LogP contribution in [0.15, 0.2) is 18.2 Å². The number of hydrogen-bond acceptors (Lipinski definition) is 2. The first-order valence-electron chi connectivity index (χ1n) is 6.15. The molecule has 1 aromatic rings. The predicted molar refractivity (Wildman–Crippen MR) is 71.6 cm³/mol. The molecule has 94 valence electrons. The average molecular weight is 243 g/mol. The van der Waals surface area contributed by atoms with E-state index in [0.29, 0.717) is 19.6 Å². The normalized spacial score (nSPS) is 18.8. The molecule has 1 aliphatic heterocycles. The van der Waals surface area contributed by atoms with Gasteiger partial charge in [-0.25, -0.2) is 0 Å². The smallest absolute Gasteiger partial charge is 0.228 e. The van der Waals surface area contributed by atoms with E-state index in [1.54, 1.807) is 4.90 Å². The number of aryl methyl sites for hydroxylation is 1. The van der Waals surface area contributed by atoms with Crippen molar-refractivity contribution in [2.75, 3.05) is 18.1 Å². The third kappa shape index (κ3) is 2.33. The topological polar surface area (TPSA) is 29.5 Å². The van der Waals surface area contributed by atoms with E-state index >= 15 is 0 Å². The van der Waals surface area contributed by atoms with Gasteiger partial charge in [-0.1, -0.05) is 6.07 Å². The van der Waals surface area contributed by atoms with Gasteiger partial charge in [-0.2, -0.15) is 0 Å². The zero-order valence-electron chi connectivity index (χ0n) is 10.8. The van der Waals surface area contributed by atoms with Crippen molar-refractivity contribution in [3.63, 3.8) is 0 Å². The van der Waals surface area contributed by atoms with Crippen molar-refractivity contribution in [2.45, 2.75) is 20.3 Å². The molecule has 0 spiro atoms. The minimum atomic E-state index is 0.00693. The Hall–Kier alpha value is -1.95.